The number of halogens is 5. The van der Waals surface area contributed by atoms with Gasteiger partial charge in [-0.25, -0.2) is 4.39 Å². The van der Waals surface area contributed by atoms with Crippen LogP contribution in [0.3, 0.4) is 0 Å². The Labute approximate surface area is 115 Å². The molecule has 0 N–H and O–H groups in total. The Morgan fingerprint density at radius 2 is 1.74 bits per heavy atom. The standard InChI is InChI=1S/C14H17ClF4/c1-13(2,3)12(15)7-5-9-4-6-11(16)10(8-9)14(17,18)19/h4,6,8,12H,5,7H2,1-3H3. The molecule has 1 unspecified atom stereocenters. The summed E-state index contributed by atoms with van der Waals surface area (Å²) in [4.78, 5) is 0. The molecule has 0 nitrogen and oxygen atoms in total. The van der Waals surface area contributed by atoms with Crippen LogP contribution in [0, 0.1) is 11.2 Å². The van der Waals surface area contributed by atoms with E-state index >= 15 is 0 Å². The van der Waals surface area contributed by atoms with Gasteiger partial charge in [0, 0.05) is 5.38 Å². The summed E-state index contributed by atoms with van der Waals surface area (Å²) < 4.78 is 50.8. The van der Waals surface area contributed by atoms with Crippen LogP contribution in [-0.4, -0.2) is 5.38 Å². The minimum atomic E-state index is -4.66. The molecule has 0 spiro atoms. The van der Waals surface area contributed by atoms with Crippen molar-refractivity contribution in [3.63, 3.8) is 0 Å². The zero-order valence-electron chi connectivity index (χ0n) is 11.1. The Morgan fingerprint density at radius 1 is 1.16 bits per heavy atom. The van der Waals surface area contributed by atoms with Gasteiger partial charge < -0.3 is 0 Å². The van der Waals surface area contributed by atoms with Gasteiger partial charge >= 0.3 is 6.18 Å². The SMILES string of the molecule is CC(C)(C)C(Cl)CCc1ccc(F)c(C(F)(F)F)c1. The Bertz CT molecular complexity index is 432. The minimum Gasteiger partial charge on any atom is -0.206 e. The van der Waals surface area contributed by atoms with E-state index in [1.54, 1.807) is 0 Å². The van der Waals surface area contributed by atoms with E-state index in [4.69, 9.17) is 11.6 Å². The van der Waals surface area contributed by atoms with Gasteiger partial charge in [0.2, 0.25) is 0 Å². The van der Waals surface area contributed by atoms with Gasteiger partial charge in [-0.15, -0.1) is 11.6 Å². The molecule has 19 heavy (non-hydrogen) atoms. The Balaban J connectivity index is 2.82. The van der Waals surface area contributed by atoms with Crippen LogP contribution in [0.4, 0.5) is 17.6 Å². The molecular formula is C14H17ClF4. The Kier molecular flexibility index (Phi) is 4.88. The molecule has 5 heteroatoms. The van der Waals surface area contributed by atoms with Crippen molar-refractivity contribution in [1.82, 2.24) is 0 Å². The lowest BCUT2D eigenvalue weighted by atomic mass is 9.88. The zero-order chi connectivity index (χ0) is 14.8. The molecule has 0 saturated carbocycles. The van der Waals surface area contributed by atoms with E-state index in [9.17, 15) is 17.6 Å². The normalized spacial score (nSPS) is 14.5. The fourth-order valence-electron chi connectivity index (χ4n) is 1.67. The average molecular weight is 297 g/mol. The second kappa shape index (κ2) is 5.70. The number of hydrogen-bond acceptors (Lipinski definition) is 0. The summed E-state index contributed by atoms with van der Waals surface area (Å²) in [7, 11) is 0. The molecule has 1 aromatic rings. The molecule has 1 aromatic carbocycles. The van der Waals surface area contributed by atoms with Crippen LogP contribution in [0.5, 0.6) is 0 Å². The van der Waals surface area contributed by atoms with Crippen molar-refractivity contribution in [2.45, 2.75) is 45.2 Å². The van der Waals surface area contributed by atoms with Crippen LogP contribution in [0.2, 0.25) is 0 Å². The summed E-state index contributed by atoms with van der Waals surface area (Å²) in [6, 6.07) is 3.09. The van der Waals surface area contributed by atoms with E-state index in [2.05, 4.69) is 0 Å². The monoisotopic (exact) mass is 296 g/mol. The van der Waals surface area contributed by atoms with Crippen molar-refractivity contribution in [1.29, 1.82) is 0 Å². The van der Waals surface area contributed by atoms with Gasteiger partial charge in [-0.1, -0.05) is 26.8 Å². The van der Waals surface area contributed by atoms with Crippen molar-refractivity contribution in [3.8, 4) is 0 Å². The third-order valence-electron chi connectivity index (χ3n) is 2.96. The molecule has 1 atom stereocenters. The highest BCUT2D eigenvalue weighted by atomic mass is 35.5. The van der Waals surface area contributed by atoms with Gasteiger partial charge in [0.05, 0.1) is 5.56 Å². The Morgan fingerprint density at radius 3 is 2.21 bits per heavy atom. The van der Waals surface area contributed by atoms with Gasteiger partial charge in [-0.3, -0.25) is 0 Å². The molecule has 0 aliphatic carbocycles. The van der Waals surface area contributed by atoms with E-state index in [1.807, 2.05) is 20.8 Å². The molecule has 0 radical (unpaired) electrons. The van der Waals surface area contributed by atoms with Crippen molar-refractivity contribution in [2.24, 2.45) is 5.41 Å². The fraction of sp³-hybridized carbons (Fsp3) is 0.571. The number of rotatable bonds is 3. The summed E-state index contributed by atoms with van der Waals surface area (Å²) in [5.74, 6) is -1.24. The molecule has 108 valence electrons. The largest absolute Gasteiger partial charge is 0.419 e. The average Bonchev–Trinajstić information content (AvgIpc) is 2.24. The van der Waals surface area contributed by atoms with E-state index < -0.39 is 17.6 Å². The minimum absolute atomic E-state index is 0.117. The highest BCUT2D eigenvalue weighted by Crippen LogP contribution is 2.33. The highest BCUT2D eigenvalue weighted by Gasteiger charge is 2.34. The van der Waals surface area contributed by atoms with E-state index in [1.165, 1.54) is 6.07 Å². The second-order valence-electron chi connectivity index (χ2n) is 5.68. The van der Waals surface area contributed by atoms with Gasteiger partial charge in [0.15, 0.2) is 0 Å². The summed E-state index contributed by atoms with van der Waals surface area (Å²) in [5, 5.41) is -0.146. The first-order valence-electron chi connectivity index (χ1n) is 6.01. The molecule has 0 aliphatic rings. The fourth-order valence-corrected chi connectivity index (χ4v) is 1.78. The van der Waals surface area contributed by atoms with Crippen LogP contribution >= 0.6 is 11.6 Å². The number of alkyl halides is 4. The van der Waals surface area contributed by atoms with Crippen molar-refractivity contribution >= 4 is 11.6 Å². The topological polar surface area (TPSA) is 0 Å². The molecular weight excluding hydrogens is 280 g/mol. The maximum atomic E-state index is 13.1. The van der Waals surface area contributed by atoms with Crippen molar-refractivity contribution in [3.05, 3.63) is 35.1 Å². The van der Waals surface area contributed by atoms with Crippen molar-refractivity contribution in [2.75, 3.05) is 0 Å². The summed E-state index contributed by atoms with van der Waals surface area (Å²) in [5.41, 5.74) is -0.885. The predicted molar refractivity (Wildman–Crippen MR) is 68.8 cm³/mol. The first kappa shape index (κ1) is 16.3. The van der Waals surface area contributed by atoms with E-state index in [0.29, 0.717) is 18.4 Å². The van der Waals surface area contributed by atoms with Gasteiger partial charge in [0.25, 0.3) is 0 Å². The van der Waals surface area contributed by atoms with Crippen LogP contribution in [0.1, 0.15) is 38.3 Å². The van der Waals surface area contributed by atoms with E-state index in [-0.39, 0.29) is 10.8 Å². The smallest absolute Gasteiger partial charge is 0.206 e. The highest BCUT2D eigenvalue weighted by molar-refractivity contribution is 6.21. The second-order valence-corrected chi connectivity index (χ2v) is 6.21. The third-order valence-corrected chi connectivity index (χ3v) is 3.84. The van der Waals surface area contributed by atoms with E-state index in [0.717, 1.165) is 12.1 Å². The number of benzene rings is 1. The van der Waals surface area contributed by atoms with Gasteiger partial charge in [-0.05, 0) is 36.0 Å². The molecule has 0 amide bonds. The first-order chi connectivity index (χ1) is 8.51. The Hall–Kier alpha value is -0.770. The maximum Gasteiger partial charge on any atom is 0.419 e. The zero-order valence-corrected chi connectivity index (χ0v) is 11.9. The summed E-state index contributed by atoms with van der Waals surface area (Å²) >= 11 is 6.17. The van der Waals surface area contributed by atoms with Crippen LogP contribution in [-0.2, 0) is 12.6 Å². The van der Waals surface area contributed by atoms with Gasteiger partial charge in [0.1, 0.15) is 5.82 Å². The van der Waals surface area contributed by atoms with Crippen molar-refractivity contribution < 1.29 is 17.6 Å². The number of aryl methyl sites for hydroxylation is 1. The molecule has 0 aliphatic heterocycles. The summed E-state index contributed by atoms with van der Waals surface area (Å²) in [6.45, 7) is 5.91. The predicted octanol–water partition coefficient (Wildman–Crippen LogP) is 5.43. The van der Waals surface area contributed by atoms with Crippen LogP contribution < -0.4 is 0 Å². The molecule has 0 fully saturated rings. The quantitative estimate of drug-likeness (QED) is 0.515. The van der Waals surface area contributed by atoms with Crippen LogP contribution in [0.25, 0.3) is 0 Å². The maximum absolute atomic E-state index is 13.1. The number of hydrogen-bond donors (Lipinski definition) is 0. The molecule has 0 saturated heterocycles. The lowest BCUT2D eigenvalue weighted by Crippen LogP contribution is -2.21. The summed E-state index contributed by atoms with van der Waals surface area (Å²) in [6.07, 6.45) is -3.72. The first-order valence-corrected chi connectivity index (χ1v) is 6.45. The molecule has 1 rings (SSSR count). The van der Waals surface area contributed by atoms with Crippen LogP contribution in [0.15, 0.2) is 18.2 Å². The van der Waals surface area contributed by atoms with Gasteiger partial charge in [-0.2, -0.15) is 13.2 Å². The lowest BCUT2D eigenvalue weighted by Gasteiger charge is -2.25. The third kappa shape index (κ3) is 4.68. The molecule has 0 bridgehead atoms. The molecule has 0 heterocycles. The molecule has 0 aromatic heterocycles. The lowest BCUT2D eigenvalue weighted by molar-refractivity contribution is -0.140.